The second kappa shape index (κ2) is 2.92. The Hall–Kier alpha value is -0.700. The Labute approximate surface area is 59.0 Å². The van der Waals surface area contributed by atoms with E-state index in [0.717, 1.165) is 0 Å². The first kappa shape index (κ1) is 7.41. The Morgan fingerprint density at radius 2 is 2.10 bits per heavy atom. The summed E-state index contributed by atoms with van der Waals surface area (Å²) in [6.07, 6.45) is 1.24. The minimum absolute atomic E-state index is 0.0268. The predicted molar refractivity (Wildman–Crippen MR) is 34.4 cm³/mol. The highest BCUT2D eigenvalue weighted by Gasteiger charge is 2.25. The zero-order valence-corrected chi connectivity index (χ0v) is 5.67. The summed E-state index contributed by atoms with van der Waals surface area (Å²) < 4.78 is 0. The first-order valence-corrected chi connectivity index (χ1v) is 3.41. The lowest BCUT2D eigenvalue weighted by Gasteiger charge is -2.16. The Morgan fingerprint density at radius 1 is 1.40 bits per heavy atom. The van der Waals surface area contributed by atoms with Crippen LogP contribution < -0.4 is 0 Å². The van der Waals surface area contributed by atoms with Crippen LogP contribution >= 0.6 is 0 Å². The molecule has 1 fully saturated rings. The lowest BCUT2D eigenvalue weighted by Crippen LogP contribution is -2.26. The first-order chi connectivity index (χ1) is 4.74. The molecule has 3 heteroatoms. The average Bonchev–Trinajstić information content (AvgIpc) is 1.95. The summed E-state index contributed by atoms with van der Waals surface area (Å²) in [5.41, 5.74) is 0. The molecular weight excluding hydrogens is 132 g/mol. The van der Waals surface area contributed by atoms with Crippen LogP contribution in [0.4, 0.5) is 0 Å². The lowest BCUT2D eigenvalue weighted by atomic mass is 9.88. The van der Waals surface area contributed by atoms with E-state index in [9.17, 15) is 9.59 Å². The summed E-state index contributed by atoms with van der Waals surface area (Å²) in [5, 5.41) is 8.63. The van der Waals surface area contributed by atoms with Crippen LogP contribution in [0.5, 0.6) is 0 Å². The third-order valence-electron chi connectivity index (χ3n) is 1.82. The third kappa shape index (κ3) is 1.42. The minimum atomic E-state index is -0.315. The molecule has 0 radical (unpaired) electrons. The van der Waals surface area contributed by atoms with Crippen molar-refractivity contribution in [3.05, 3.63) is 0 Å². The SMILES string of the molecule is O=C1CCC(CO)CC1=O. The summed E-state index contributed by atoms with van der Waals surface area (Å²) in [5.74, 6) is -0.555. The van der Waals surface area contributed by atoms with Crippen LogP contribution in [-0.4, -0.2) is 23.3 Å². The number of Topliss-reactive ketones (excluding diaryl/α,β-unsaturated/α-hetero) is 2. The van der Waals surface area contributed by atoms with Gasteiger partial charge in [-0.05, 0) is 12.3 Å². The Kier molecular flexibility index (Phi) is 2.17. The molecule has 0 aliphatic heterocycles. The van der Waals surface area contributed by atoms with E-state index in [4.69, 9.17) is 5.11 Å². The van der Waals surface area contributed by atoms with E-state index in [2.05, 4.69) is 0 Å². The van der Waals surface area contributed by atoms with Gasteiger partial charge in [-0.3, -0.25) is 9.59 Å². The molecule has 1 N–H and O–H groups in total. The quantitative estimate of drug-likeness (QED) is 0.521. The van der Waals surface area contributed by atoms with Crippen LogP contribution in [-0.2, 0) is 9.59 Å². The van der Waals surface area contributed by atoms with Crippen LogP contribution in [0.1, 0.15) is 19.3 Å². The molecule has 0 spiro atoms. The number of aliphatic hydroxyl groups excluding tert-OH is 1. The van der Waals surface area contributed by atoms with Crippen molar-refractivity contribution in [2.75, 3.05) is 6.61 Å². The van der Waals surface area contributed by atoms with Gasteiger partial charge in [0.05, 0.1) is 0 Å². The van der Waals surface area contributed by atoms with E-state index >= 15 is 0 Å². The molecule has 0 aromatic rings. The maximum Gasteiger partial charge on any atom is 0.198 e. The molecule has 1 unspecified atom stereocenters. The molecule has 0 aromatic heterocycles. The highest BCUT2D eigenvalue weighted by atomic mass is 16.3. The summed E-state index contributed by atoms with van der Waals surface area (Å²) in [6.45, 7) is 0.0268. The minimum Gasteiger partial charge on any atom is -0.396 e. The molecule has 0 saturated heterocycles. The van der Waals surface area contributed by atoms with Crippen LogP contribution in [0, 0.1) is 5.92 Å². The molecule has 1 aliphatic rings. The average molecular weight is 142 g/mol. The van der Waals surface area contributed by atoms with E-state index < -0.39 is 0 Å². The van der Waals surface area contributed by atoms with Crippen LogP contribution in [0.3, 0.4) is 0 Å². The number of hydrogen-bond donors (Lipinski definition) is 1. The van der Waals surface area contributed by atoms with Gasteiger partial charge < -0.3 is 5.11 Å². The summed E-state index contributed by atoms with van der Waals surface area (Å²) >= 11 is 0. The summed E-state index contributed by atoms with van der Waals surface area (Å²) in [6, 6.07) is 0. The molecule has 0 amide bonds. The Bertz CT molecular complexity index is 162. The van der Waals surface area contributed by atoms with E-state index in [0.29, 0.717) is 12.8 Å². The molecule has 1 atom stereocenters. The van der Waals surface area contributed by atoms with Gasteiger partial charge in [0, 0.05) is 19.4 Å². The van der Waals surface area contributed by atoms with Gasteiger partial charge in [-0.1, -0.05) is 0 Å². The van der Waals surface area contributed by atoms with Gasteiger partial charge in [0.2, 0.25) is 0 Å². The van der Waals surface area contributed by atoms with E-state index in [-0.39, 0.29) is 30.5 Å². The monoisotopic (exact) mass is 142 g/mol. The van der Waals surface area contributed by atoms with Crippen molar-refractivity contribution in [2.24, 2.45) is 5.92 Å². The fourth-order valence-electron chi connectivity index (χ4n) is 1.11. The van der Waals surface area contributed by atoms with Crippen molar-refractivity contribution in [3.63, 3.8) is 0 Å². The smallest absolute Gasteiger partial charge is 0.198 e. The fourth-order valence-corrected chi connectivity index (χ4v) is 1.11. The molecule has 56 valence electrons. The Balaban J connectivity index is 2.48. The second-order valence-electron chi connectivity index (χ2n) is 2.64. The van der Waals surface area contributed by atoms with Gasteiger partial charge in [0.15, 0.2) is 11.6 Å². The molecule has 1 aliphatic carbocycles. The molecule has 0 aromatic carbocycles. The van der Waals surface area contributed by atoms with Crippen molar-refractivity contribution in [2.45, 2.75) is 19.3 Å². The molecule has 0 bridgehead atoms. The number of aliphatic hydroxyl groups is 1. The number of ketones is 2. The third-order valence-corrected chi connectivity index (χ3v) is 1.82. The van der Waals surface area contributed by atoms with Crippen LogP contribution in [0.2, 0.25) is 0 Å². The van der Waals surface area contributed by atoms with Crippen LogP contribution in [0.25, 0.3) is 0 Å². The standard InChI is InChI=1S/C7H10O3/c8-4-5-1-2-6(9)7(10)3-5/h5,8H,1-4H2. The van der Waals surface area contributed by atoms with E-state index in [1.165, 1.54) is 0 Å². The molecular formula is C7H10O3. The van der Waals surface area contributed by atoms with Gasteiger partial charge in [0.25, 0.3) is 0 Å². The molecule has 1 rings (SSSR count). The number of rotatable bonds is 1. The maximum atomic E-state index is 10.7. The molecule has 1 saturated carbocycles. The molecule has 0 heterocycles. The number of carbonyl (C=O) groups is 2. The van der Waals surface area contributed by atoms with Crippen molar-refractivity contribution >= 4 is 11.6 Å². The largest absolute Gasteiger partial charge is 0.396 e. The van der Waals surface area contributed by atoms with Crippen molar-refractivity contribution < 1.29 is 14.7 Å². The van der Waals surface area contributed by atoms with Gasteiger partial charge in [0.1, 0.15) is 0 Å². The number of hydrogen-bond acceptors (Lipinski definition) is 3. The zero-order valence-electron chi connectivity index (χ0n) is 5.67. The van der Waals surface area contributed by atoms with Crippen LogP contribution in [0.15, 0.2) is 0 Å². The van der Waals surface area contributed by atoms with Crippen molar-refractivity contribution in [1.29, 1.82) is 0 Å². The number of carbonyl (C=O) groups excluding carboxylic acids is 2. The normalized spacial score (nSPS) is 27.1. The van der Waals surface area contributed by atoms with Crippen molar-refractivity contribution in [1.82, 2.24) is 0 Å². The zero-order chi connectivity index (χ0) is 7.56. The fraction of sp³-hybridized carbons (Fsp3) is 0.714. The van der Waals surface area contributed by atoms with Crippen molar-refractivity contribution in [3.8, 4) is 0 Å². The molecule has 10 heavy (non-hydrogen) atoms. The van der Waals surface area contributed by atoms with Gasteiger partial charge in [-0.15, -0.1) is 0 Å². The van der Waals surface area contributed by atoms with Gasteiger partial charge in [-0.2, -0.15) is 0 Å². The van der Waals surface area contributed by atoms with E-state index in [1.807, 2.05) is 0 Å². The molecule has 3 nitrogen and oxygen atoms in total. The summed E-state index contributed by atoms with van der Waals surface area (Å²) in [7, 11) is 0. The predicted octanol–water partition coefficient (Wildman–Crippen LogP) is -0.0830. The maximum absolute atomic E-state index is 10.7. The summed E-state index contributed by atoms with van der Waals surface area (Å²) in [4.78, 5) is 21.3. The highest BCUT2D eigenvalue weighted by Crippen LogP contribution is 2.17. The van der Waals surface area contributed by atoms with Gasteiger partial charge >= 0.3 is 0 Å². The van der Waals surface area contributed by atoms with E-state index in [1.54, 1.807) is 0 Å². The first-order valence-electron chi connectivity index (χ1n) is 3.41. The second-order valence-corrected chi connectivity index (χ2v) is 2.64. The topological polar surface area (TPSA) is 54.4 Å². The Morgan fingerprint density at radius 3 is 2.60 bits per heavy atom. The lowest BCUT2D eigenvalue weighted by molar-refractivity contribution is -0.139. The highest BCUT2D eigenvalue weighted by molar-refractivity contribution is 6.37. The van der Waals surface area contributed by atoms with Gasteiger partial charge in [-0.25, -0.2) is 0 Å².